The Morgan fingerprint density at radius 1 is 1.26 bits per heavy atom. The van der Waals surface area contributed by atoms with Gasteiger partial charge in [0.2, 0.25) is 5.91 Å². The standard InChI is InChI=1S/C20H16Cl2N2O2S/c1-2-26-18-6-4-3-5-15(18)17-12-27-20(23-17)24-19(25)10-8-13-7-9-14(21)11-16(13)22/h3-12H,2H2,1H3,(H,23,24,25)/b10-8+. The molecule has 0 bridgehead atoms. The van der Waals surface area contributed by atoms with E-state index < -0.39 is 0 Å². The summed E-state index contributed by atoms with van der Waals surface area (Å²) in [5.74, 6) is 0.473. The second-order valence-corrected chi connectivity index (χ2v) is 7.16. The van der Waals surface area contributed by atoms with Crippen molar-refractivity contribution < 1.29 is 9.53 Å². The molecule has 0 radical (unpaired) electrons. The Morgan fingerprint density at radius 3 is 2.85 bits per heavy atom. The summed E-state index contributed by atoms with van der Waals surface area (Å²) in [6, 6.07) is 12.8. The highest BCUT2D eigenvalue weighted by Crippen LogP contribution is 2.32. The molecule has 0 saturated heterocycles. The molecule has 3 rings (SSSR count). The average Bonchev–Trinajstić information content (AvgIpc) is 3.10. The van der Waals surface area contributed by atoms with E-state index in [0.717, 1.165) is 17.0 Å². The van der Waals surface area contributed by atoms with E-state index in [1.165, 1.54) is 17.4 Å². The summed E-state index contributed by atoms with van der Waals surface area (Å²) in [6.07, 6.45) is 3.04. The lowest BCUT2D eigenvalue weighted by atomic mass is 10.1. The van der Waals surface area contributed by atoms with Crippen LogP contribution in [0.4, 0.5) is 5.13 Å². The molecule has 3 aromatic rings. The molecule has 1 heterocycles. The average molecular weight is 419 g/mol. The summed E-state index contributed by atoms with van der Waals surface area (Å²) in [5.41, 5.74) is 2.35. The van der Waals surface area contributed by atoms with Crippen LogP contribution in [0.1, 0.15) is 12.5 Å². The topological polar surface area (TPSA) is 51.2 Å². The van der Waals surface area contributed by atoms with E-state index in [2.05, 4.69) is 10.3 Å². The van der Waals surface area contributed by atoms with Crippen LogP contribution in [-0.4, -0.2) is 17.5 Å². The molecule has 1 aromatic heterocycles. The van der Waals surface area contributed by atoms with E-state index in [4.69, 9.17) is 27.9 Å². The zero-order chi connectivity index (χ0) is 19.2. The van der Waals surface area contributed by atoms with E-state index in [-0.39, 0.29) is 5.91 Å². The number of thiazole rings is 1. The van der Waals surface area contributed by atoms with Crippen molar-refractivity contribution in [2.45, 2.75) is 6.92 Å². The first-order valence-corrected chi connectivity index (χ1v) is 9.82. The number of halogens is 2. The molecule has 0 spiro atoms. The van der Waals surface area contributed by atoms with Crippen LogP contribution in [-0.2, 0) is 4.79 Å². The molecule has 0 aliphatic rings. The molecule has 0 aliphatic heterocycles. The fraction of sp³-hybridized carbons (Fsp3) is 0.100. The summed E-state index contributed by atoms with van der Waals surface area (Å²) < 4.78 is 5.63. The molecule has 0 saturated carbocycles. The van der Waals surface area contributed by atoms with Crippen LogP contribution in [0.5, 0.6) is 5.75 Å². The number of hydrogen-bond acceptors (Lipinski definition) is 4. The van der Waals surface area contributed by atoms with Crippen LogP contribution >= 0.6 is 34.5 Å². The fourth-order valence-electron chi connectivity index (χ4n) is 2.36. The molecule has 0 aliphatic carbocycles. The molecule has 1 amide bonds. The van der Waals surface area contributed by atoms with Crippen LogP contribution in [0.2, 0.25) is 10.0 Å². The molecule has 2 aromatic carbocycles. The van der Waals surface area contributed by atoms with Crippen LogP contribution in [0.3, 0.4) is 0 Å². The Morgan fingerprint density at radius 2 is 2.07 bits per heavy atom. The monoisotopic (exact) mass is 418 g/mol. The third kappa shape index (κ3) is 5.10. The van der Waals surface area contributed by atoms with Gasteiger partial charge in [0.1, 0.15) is 5.75 Å². The van der Waals surface area contributed by atoms with Gasteiger partial charge in [-0.1, -0.05) is 41.4 Å². The normalized spacial score (nSPS) is 10.9. The van der Waals surface area contributed by atoms with Crippen molar-refractivity contribution >= 4 is 51.7 Å². The van der Waals surface area contributed by atoms with E-state index in [0.29, 0.717) is 27.3 Å². The molecular formula is C20H16Cl2N2O2S. The van der Waals surface area contributed by atoms with E-state index in [9.17, 15) is 4.79 Å². The zero-order valence-corrected chi connectivity index (χ0v) is 16.7. The Balaban J connectivity index is 1.70. The SMILES string of the molecule is CCOc1ccccc1-c1csc(NC(=O)/C=C/c2ccc(Cl)cc2Cl)n1. The number of ether oxygens (including phenoxy) is 1. The van der Waals surface area contributed by atoms with Gasteiger partial charge in [-0.05, 0) is 42.8 Å². The smallest absolute Gasteiger partial charge is 0.250 e. The van der Waals surface area contributed by atoms with Crippen LogP contribution in [0, 0.1) is 0 Å². The first kappa shape index (κ1) is 19.4. The summed E-state index contributed by atoms with van der Waals surface area (Å²) >= 11 is 13.3. The number of benzene rings is 2. The summed E-state index contributed by atoms with van der Waals surface area (Å²) in [7, 11) is 0. The maximum atomic E-state index is 12.2. The first-order chi connectivity index (χ1) is 13.1. The van der Waals surface area contributed by atoms with Crippen molar-refractivity contribution in [2.24, 2.45) is 0 Å². The highest BCUT2D eigenvalue weighted by Gasteiger charge is 2.11. The minimum absolute atomic E-state index is 0.292. The Labute approximate surface area is 171 Å². The zero-order valence-electron chi connectivity index (χ0n) is 14.4. The molecule has 27 heavy (non-hydrogen) atoms. The predicted molar refractivity (Wildman–Crippen MR) is 113 cm³/mol. The number of nitrogens with zero attached hydrogens (tertiary/aromatic N) is 1. The highest BCUT2D eigenvalue weighted by atomic mass is 35.5. The van der Waals surface area contributed by atoms with Gasteiger partial charge in [0.05, 0.1) is 12.3 Å². The Kier molecular flexibility index (Phi) is 6.50. The number of aromatic nitrogens is 1. The summed E-state index contributed by atoms with van der Waals surface area (Å²) in [4.78, 5) is 16.6. The van der Waals surface area contributed by atoms with E-state index >= 15 is 0 Å². The van der Waals surface area contributed by atoms with Gasteiger partial charge >= 0.3 is 0 Å². The van der Waals surface area contributed by atoms with Gasteiger partial charge in [0, 0.05) is 27.1 Å². The van der Waals surface area contributed by atoms with Gasteiger partial charge in [-0.2, -0.15) is 0 Å². The molecule has 0 unspecified atom stereocenters. The van der Waals surface area contributed by atoms with Crippen molar-refractivity contribution in [1.29, 1.82) is 0 Å². The third-order valence-corrected chi connectivity index (χ3v) is 4.89. The van der Waals surface area contributed by atoms with Crippen LogP contribution in [0.15, 0.2) is 53.9 Å². The maximum Gasteiger partial charge on any atom is 0.250 e. The fourth-order valence-corrected chi connectivity index (χ4v) is 3.55. The lowest BCUT2D eigenvalue weighted by molar-refractivity contribution is -0.111. The highest BCUT2D eigenvalue weighted by molar-refractivity contribution is 7.14. The largest absolute Gasteiger partial charge is 0.493 e. The second kappa shape index (κ2) is 9.04. The van der Waals surface area contributed by atoms with Crippen molar-refractivity contribution in [2.75, 3.05) is 11.9 Å². The van der Waals surface area contributed by atoms with Crippen LogP contribution < -0.4 is 10.1 Å². The van der Waals surface area contributed by atoms with Crippen molar-refractivity contribution in [3.8, 4) is 17.0 Å². The molecule has 4 nitrogen and oxygen atoms in total. The van der Waals surface area contributed by atoms with E-state index in [1.54, 1.807) is 24.3 Å². The molecule has 0 atom stereocenters. The quantitative estimate of drug-likeness (QED) is 0.487. The summed E-state index contributed by atoms with van der Waals surface area (Å²) in [5, 5.41) is 6.17. The lowest BCUT2D eigenvalue weighted by Gasteiger charge is -2.07. The minimum atomic E-state index is -0.292. The number of nitrogens with one attached hydrogen (secondary N) is 1. The van der Waals surface area contributed by atoms with Gasteiger partial charge in [0.15, 0.2) is 5.13 Å². The van der Waals surface area contributed by atoms with Gasteiger partial charge in [-0.25, -0.2) is 4.98 Å². The Bertz CT molecular complexity index is 986. The number of carbonyl (C=O) groups excluding carboxylic acids is 1. The summed E-state index contributed by atoms with van der Waals surface area (Å²) in [6.45, 7) is 2.51. The lowest BCUT2D eigenvalue weighted by Crippen LogP contribution is -2.07. The number of para-hydroxylation sites is 1. The van der Waals surface area contributed by atoms with E-state index in [1.807, 2.05) is 36.6 Å². The molecule has 0 fully saturated rings. The molecule has 1 N–H and O–H groups in total. The Hall–Kier alpha value is -2.34. The third-order valence-electron chi connectivity index (χ3n) is 3.57. The van der Waals surface area contributed by atoms with Gasteiger partial charge < -0.3 is 4.74 Å². The number of amides is 1. The van der Waals surface area contributed by atoms with Gasteiger partial charge in [0.25, 0.3) is 0 Å². The predicted octanol–water partition coefficient (Wildman–Crippen LogP) is 6.17. The van der Waals surface area contributed by atoms with Crippen molar-refractivity contribution in [3.05, 3.63) is 69.5 Å². The van der Waals surface area contributed by atoms with Crippen molar-refractivity contribution in [1.82, 2.24) is 4.98 Å². The second-order valence-electron chi connectivity index (χ2n) is 5.46. The van der Waals surface area contributed by atoms with Crippen molar-refractivity contribution in [3.63, 3.8) is 0 Å². The van der Waals surface area contributed by atoms with Crippen LogP contribution in [0.25, 0.3) is 17.3 Å². The minimum Gasteiger partial charge on any atom is -0.493 e. The van der Waals surface area contributed by atoms with Gasteiger partial charge in [-0.15, -0.1) is 11.3 Å². The molecule has 7 heteroatoms. The molecule has 138 valence electrons. The van der Waals surface area contributed by atoms with Gasteiger partial charge in [-0.3, -0.25) is 10.1 Å². The number of hydrogen-bond donors (Lipinski definition) is 1. The number of carbonyl (C=O) groups is 1. The number of rotatable bonds is 6. The number of anilines is 1. The maximum absolute atomic E-state index is 12.2. The molecular weight excluding hydrogens is 403 g/mol. The first-order valence-electron chi connectivity index (χ1n) is 8.18.